The second kappa shape index (κ2) is 9.13. The molecule has 154 valence electrons. The van der Waals surface area contributed by atoms with Gasteiger partial charge in [0.25, 0.3) is 0 Å². The average Bonchev–Trinajstić information content (AvgIpc) is 2.74. The lowest BCUT2D eigenvalue weighted by Gasteiger charge is -2.12. The Balaban J connectivity index is 2.31. The molecule has 7 nitrogen and oxygen atoms in total. The number of halogens is 1. The molecule has 0 bridgehead atoms. The number of pyridine rings is 2. The lowest BCUT2D eigenvalue weighted by molar-refractivity contribution is -0.136. The summed E-state index contributed by atoms with van der Waals surface area (Å²) in [6.07, 6.45) is 4.16. The lowest BCUT2D eigenvalue weighted by Crippen LogP contribution is -2.20. The number of carbonyl (C=O) groups excluding carboxylic acids is 2. The predicted octanol–water partition coefficient (Wildman–Crippen LogP) is 3.27. The van der Waals surface area contributed by atoms with E-state index in [2.05, 4.69) is 4.98 Å². The minimum Gasteiger partial charge on any atom is -0.462 e. The Bertz CT molecular complexity index is 1190. The molecular formula is C22H19FN2O5. The van der Waals surface area contributed by atoms with Gasteiger partial charge in [0.05, 0.1) is 24.4 Å². The molecule has 0 aliphatic rings. The highest BCUT2D eigenvalue weighted by Gasteiger charge is 2.19. The van der Waals surface area contributed by atoms with Crippen LogP contribution in [0.15, 0.2) is 53.6 Å². The minimum atomic E-state index is -0.841. The Morgan fingerprint density at radius 2 is 1.90 bits per heavy atom. The Morgan fingerprint density at radius 3 is 2.57 bits per heavy atom. The zero-order chi connectivity index (χ0) is 21.7. The van der Waals surface area contributed by atoms with Crippen LogP contribution in [-0.2, 0) is 14.3 Å². The number of ether oxygens (including phenoxy) is 2. The van der Waals surface area contributed by atoms with Crippen molar-refractivity contribution in [2.24, 2.45) is 0 Å². The fraction of sp³-hybridized carbons (Fsp3) is 0.182. The second-order valence-electron chi connectivity index (χ2n) is 6.14. The van der Waals surface area contributed by atoms with Gasteiger partial charge in [-0.1, -0.05) is 6.07 Å². The van der Waals surface area contributed by atoms with Gasteiger partial charge in [0, 0.05) is 24.0 Å². The number of aromatic nitrogens is 2. The van der Waals surface area contributed by atoms with Gasteiger partial charge in [0.15, 0.2) is 0 Å². The lowest BCUT2D eigenvalue weighted by atomic mass is 10.1. The van der Waals surface area contributed by atoms with Crippen molar-refractivity contribution < 1.29 is 23.5 Å². The molecule has 3 aromatic rings. The Labute approximate surface area is 171 Å². The third-order valence-corrected chi connectivity index (χ3v) is 4.19. The maximum Gasteiger partial charge on any atom is 0.343 e. The maximum atomic E-state index is 13.8. The molecule has 0 atom stereocenters. The third kappa shape index (κ3) is 4.27. The number of hydrogen-bond donors (Lipinski definition) is 0. The number of rotatable bonds is 6. The van der Waals surface area contributed by atoms with Gasteiger partial charge in [0.1, 0.15) is 17.0 Å². The van der Waals surface area contributed by atoms with E-state index in [9.17, 15) is 18.8 Å². The topological polar surface area (TPSA) is 87.5 Å². The normalized spacial score (nSPS) is 11.4. The Hall–Kier alpha value is -3.81. The van der Waals surface area contributed by atoms with Crippen LogP contribution in [0.25, 0.3) is 22.7 Å². The summed E-state index contributed by atoms with van der Waals surface area (Å²) in [6.45, 7) is 3.49. The molecule has 0 aliphatic carbocycles. The molecular weight excluding hydrogens is 391 g/mol. The largest absolute Gasteiger partial charge is 0.462 e. The van der Waals surface area contributed by atoms with Crippen molar-refractivity contribution in [3.05, 3.63) is 76.1 Å². The fourth-order valence-corrected chi connectivity index (χ4v) is 2.88. The van der Waals surface area contributed by atoms with Crippen molar-refractivity contribution in [2.75, 3.05) is 13.2 Å². The summed E-state index contributed by atoms with van der Waals surface area (Å²) in [5, 5.41) is -0.0268. The number of carbonyl (C=O) groups is 2. The predicted molar refractivity (Wildman–Crippen MR) is 109 cm³/mol. The van der Waals surface area contributed by atoms with Crippen LogP contribution in [0.4, 0.5) is 4.39 Å². The molecule has 0 N–H and O–H groups in total. The molecule has 30 heavy (non-hydrogen) atoms. The molecule has 2 aromatic heterocycles. The van der Waals surface area contributed by atoms with E-state index >= 15 is 0 Å². The van der Waals surface area contributed by atoms with E-state index in [0.717, 1.165) is 6.07 Å². The summed E-state index contributed by atoms with van der Waals surface area (Å²) in [4.78, 5) is 41.8. The second-order valence-corrected chi connectivity index (χ2v) is 6.14. The smallest absolute Gasteiger partial charge is 0.343 e. The number of benzene rings is 1. The van der Waals surface area contributed by atoms with Crippen LogP contribution < -0.4 is 5.43 Å². The average molecular weight is 410 g/mol. The SMILES string of the molecule is CCOC(=O)/C(=C\n1cc(C(=O)OCC)c(=O)c2cc(F)ccc21)c1ccccn1. The molecule has 0 radical (unpaired) electrons. The molecule has 8 heteroatoms. The monoisotopic (exact) mass is 410 g/mol. The molecule has 0 aliphatic heterocycles. The first-order chi connectivity index (χ1) is 14.5. The van der Waals surface area contributed by atoms with E-state index in [1.165, 1.54) is 35.3 Å². The first-order valence-corrected chi connectivity index (χ1v) is 9.28. The van der Waals surface area contributed by atoms with Crippen molar-refractivity contribution in [2.45, 2.75) is 13.8 Å². The molecule has 2 heterocycles. The molecule has 0 unspecified atom stereocenters. The number of hydrogen-bond acceptors (Lipinski definition) is 6. The van der Waals surface area contributed by atoms with Crippen LogP contribution in [0.5, 0.6) is 0 Å². The standard InChI is InChI=1S/C22H19FN2O5/c1-3-29-21(27)16(18-7-5-6-10-24-18)12-25-13-17(22(28)30-4-2)20(26)15-11-14(23)8-9-19(15)25/h5-13H,3-4H2,1-2H3/b16-12-. The van der Waals surface area contributed by atoms with Crippen LogP contribution in [0.3, 0.4) is 0 Å². The van der Waals surface area contributed by atoms with E-state index < -0.39 is 23.2 Å². The van der Waals surface area contributed by atoms with E-state index in [-0.39, 0.29) is 29.7 Å². The van der Waals surface area contributed by atoms with Crippen molar-refractivity contribution >= 4 is 34.6 Å². The van der Waals surface area contributed by atoms with Gasteiger partial charge >= 0.3 is 11.9 Å². The van der Waals surface area contributed by atoms with Gasteiger partial charge in [-0.2, -0.15) is 0 Å². The molecule has 0 spiro atoms. The molecule has 1 aromatic carbocycles. The Morgan fingerprint density at radius 1 is 1.13 bits per heavy atom. The van der Waals surface area contributed by atoms with Crippen LogP contribution in [0.2, 0.25) is 0 Å². The van der Waals surface area contributed by atoms with Gasteiger partial charge in [-0.15, -0.1) is 0 Å². The number of nitrogens with zero attached hydrogens (tertiary/aromatic N) is 2. The summed E-state index contributed by atoms with van der Waals surface area (Å²) < 4.78 is 25.3. The third-order valence-electron chi connectivity index (χ3n) is 4.19. The fourth-order valence-electron chi connectivity index (χ4n) is 2.88. The van der Waals surface area contributed by atoms with Crippen LogP contribution in [0.1, 0.15) is 29.9 Å². The summed E-state index contributed by atoms with van der Waals surface area (Å²) in [5.41, 5.74) is -0.213. The highest BCUT2D eigenvalue weighted by molar-refractivity contribution is 6.20. The Kier molecular flexibility index (Phi) is 6.36. The molecule has 0 saturated heterocycles. The van der Waals surface area contributed by atoms with Gasteiger partial charge in [0.2, 0.25) is 5.43 Å². The van der Waals surface area contributed by atoms with E-state index in [0.29, 0.717) is 11.2 Å². The molecule has 0 amide bonds. The first-order valence-electron chi connectivity index (χ1n) is 9.28. The summed E-state index contributed by atoms with van der Waals surface area (Å²) in [5.74, 6) is -2.11. The van der Waals surface area contributed by atoms with Crippen LogP contribution in [-0.4, -0.2) is 34.7 Å². The molecule has 3 rings (SSSR count). The van der Waals surface area contributed by atoms with Crippen molar-refractivity contribution in [3.8, 4) is 0 Å². The minimum absolute atomic E-state index is 0.0268. The van der Waals surface area contributed by atoms with Gasteiger partial charge in [-0.05, 0) is 44.2 Å². The van der Waals surface area contributed by atoms with Crippen LogP contribution >= 0.6 is 0 Å². The highest BCUT2D eigenvalue weighted by Crippen LogP contribution is 2.20. The van der Waals surface area contributed by atoms with Crippen molar-refractivity contribution in [3.63, 3.8) is 0 Å². The molecule has 0 fully saturated rings. The van der Waals surface area contributed by atoms with Crippen LogP contribution in [0, 0.1) is 5.82 Å². The summed E-state index contributed by atoms with van der Waals surface area (Å²) >= 11 is 0. The number of esters is 2. The van der Waals surface area contributed by atoms with E-state index in [4.69, 9.17) is 9.47 Å². The number of fused-ring (bicyclic) bond motifs is 1. The van der Waals surface area contributed by atoms with Crippen molar-refractivity contribution in [1.29, 1.82) is 0 Å². The highest BCUT2D eigenvalue weighted by atomic mass is 19.1. The van der Waals surface area contributed by atoms with Gasteiger partial charge in [-0.25, -0.2) is 14.0 Å². The van der Waals surface area contributed by atoms with Gasteiger partial charge in [-0.3, -0.25) is 9.78 Å². The summed E-state index contributed by atoms with van der Waals surface area (Å²) in [6, 6.07) is 8.63. The maximum absolute atomic E-state index is 13.8. The van der Waals surface area contributed by atoms with Crippen molar-refractivity contribution in [1.82, 2.24) is 9.55 Å². The first kappa shape index (κ1) is 20.9. The quantitative estimate of drug-likeness (QED) is 0.458. The zero-order valence-corrected chi connectivity index (χ0v) is 16.4. The van der Waals surface area contributed by atoms with E-state index in [1.54, 1.807) is 32.0 Å². The zero-order valence-electron chi connectivity index (χ0n) is 16.4. The molecule has 0 saturated carbocycles. The van der Waals surface area contributed by atoms with E-state index in [1.807, 2.05) is 0 Å². The van der Waals surface area contributed by atoms with Gasteiger partial charge < -0.3 is 14.0 Å². The summed E-state index contributed by atoms with van der Waals surface area (Å²) in [7, 11) is 0.